The van der Waals surface area contributed by atoms with Gasteiger partial charge in [0.2, 0.25) is 0 Å². The van der Waals surface area contributed by atoms with Crippen molar-refractivity contribution in [1.82, 2.24) is 0 Å². The van der Waals surface area contributed by atoms with E-state index in [1.807, 2.05) is 80.6 Å². The molecule has 0 saturated heterocycles. The average molecular weight is 254 g/mol. The first-order chi connectivity index (χ1) is 9.16. The summed E-state index contributed by atoms with van der Waals surface area (Å²) in [4.78, 5) is 0. The first kappa shape index (κ1) is 13.4. The van der Waals surface area contributed by atoms with Crippen LogP contribution in [0.5, 0.6) is 0 Å². The van der Waals surface area contributed by atoms with E-state index < -0.39 is 5.79 Å². The fraction of sp³-hybridized carbons (Fsp3) is 0.176. The van der Waals surface area contributed by atoms with E-state index in [0.717, 1.165) is 0 Å². The maximum Gasteiger partial charge on any atom is 0.261 e. The number of ether oxygens (including phenoxy) is 1. The van der Waals surface area contributed by atoms with Crippen LogP contribution in [0.2, 0.25) is 0 Å². The highest BCUT2D eigenvalue weighted by molar-refractivity contribution is 5.33. The Hall–Kier alpha value is -2.06. The highest BCUT2D eigenvalue weighted by Gasteiger charge is 2.33. The molecule has 1 N–H and O–H groups in total. The molecule has 0 unspecified atom stereocenters. The molecule has 19 heavy (non-hydrogen) atoms. The molecule has 0 aliphatic rings. The number of hydrogen-bond donors (Lipinski definition) is 1. The van der Waals surface area contributed by atoms with E-state index in [4.69, 9.17) is 4.74 Å². The molecule has 0 atom stereocenters. The van der Waals surface area contributed by atoms with Crippen LogP contribution in [0.4, 0.5) is 0 Å². The summed E-state index contributed by atoms with van der Waals surface area (Å²) in [5.41, 5.74) is 1.42. The molecule has 98 valence electrons. The molecule has 2 nitrogen and oxygen atoms in total. The molecule has 2 aromatic carbocycles. The predicted molar refractivity (Wildman–Crippen MR) is 76.4 cm³/mol. The summed E-state index contributed by atoms with van der Waals surface area (Å²) in [6.45, 7) is 3.71. The van der Waals surface area contributed by atoms with Crippen molar-refractivity contribution in [2.45, 2.75) is 19.6 Å². The summed E-state index contributed by atoms with van der Waals surface area (Å²) < 4.78 is 5.78. The SMILES string of the molecule is CC=C(C)OC(O)(c1ccccc1)c1ccccc1. The molecular formula is C17H18O2. The predicted octanol–water partition coefficient (Wildman–Crippen LogP) is 3.82. The fourth-order valence-corrected chi connectivity index (χ4v) is 1.90. The van der Waals surface area contributed by atoms with Gasteiger partial charge in [-0.2, -0.15) is 0 Å². The lowest BCUT2D eigenvalue weighted by atomic mass is 9.97. The summed E-state index contributed by atoms with van der Waals surface area (Å²) in [6, 6.07) is 18.8. The summed E-state index contributed by atoms with van der Waals surface area (Å²) >= 11 is 0. The fourth-order valence-electron chi connectivity index (χ4n) is 1.90. The lowest BCUT2D eigenvalue weighted by Gasteiger charge is -2.30. The summed E-state index contributed by atoms with van der Waals surface area (Å²) in [5.74, 6) is -0.783. The minimum atomic E-state index is -1.46. The molecule has 0 saturated carbocycles. The van der Waals surface area contributed by atoms with E-state index >= 15 is 0 Å². The van der Waals surface area contributed by atoms with Gasteiger partial charge in [-0.1, -0.05) is 60.7 Å². The minimum absolute atomic E-state index is 0.676. The number of aliphatic hydroxyl groups is 1. The van der Waals surface area contributed by atoms with Gasteiger partial charge >= 0.3 is 0 Å². The molecule has 0 aliphatic heterocycles. The normalized spacial score (nSPS) is 12.3. The van der Waals surface area contributed by atoms with E-state index in [-0.39, 0.29) is 0 Å². The number of hydrogen-bond acceptors (Lipinski definition) is 2. The zero-order chi connectivity index (χ0) is 13.7. The lowest BCUT2D eigenvalue weighted by Crippen LogP contribution is -2.30. The van der Waals surface area contributed by atoms with Crippen LogP contribution >= 0.6 is 0 Å². The van der Waals surface area contributed by atoms with Crippen molar-refractivity contribution in [2.75, 3.05) is 0 Å². The Balaban J connectivity index is 2.51. The monoisotopic (exact) mass is 254 g/mol. The van der Waals surface area contributed by atoms with Crippen molar-refractivity contribution in [3.05, 3.63) is 83.6 Å². The lowest BCUT2D eigenvalue weighted by molar-refractivity contribution is -0.151. The quantitative estimate of drug-likeness (QED) is 0.664. The Morgan fingerprint density at radius 1 is 0.947 bits per heavy atom. The van der Waals surface area contributed by atoms with Crippen molar-refractivity contribution in [3.8, 4) is 0 Å². The molecule has 0 fully saturated rings. The molecule has 2 aromatic rings. The minimum Gasteiger partial charge on any atom is -0.459 e. The standard InChI is InChI=1S/C17H18O2/c1-3-14(2)19-17(18,15-10-6-4-7-11-15)16-12-8-5-9-13-16/h3-13,18H,1-2H3. The summed E-state index contributed by atoms with van der Waals surface area (Å²) in [5, 5.41) is 11.0. The first-order valence-corrected chi connectivity index (χ1v) is 6.32. The molecule has 2 rings (SSSR count). The molecular weight excluding hydrogens is 236 g/mol. The van der Waals surface area contributed by atoms with Crippen molar-refractivity contribution >= 4 is 0 Å². The largest absolute Gasteiger partial charge is 0.459 e. The Labute approximate surface area is 114 Å². The average Bonchev–Trinajstić information content (AvgIpc) is 2.48. The Bertz CT molecular complexity index is 504. The van der Waals surface area contributed by atoms with Crippen LogP contribution < -0.4 is 0 Å². The van der Waals surface area contributed by atoms with Gasteiger partial charge < -0.3 is 9.84 Å². The van der Waals surface area contributed by atoms with E-state index in [1.54, 1.807) is 0 Å². The zero-order valence-corrected chi connectivity index (χ0v) is 11.2. The zero-order valence-electron chi connectivity index (χ0n) is 11.2. The van der Waals surface area contributed by atoms with Crippen LogP contribution in [0.25, 0.3) is 0 Å². The van der Waals surface area contributed by atoms with Gasteiger partial charge in [0.15, 0.2) is 0 Å². The van der Waals surface area contributed by atoms with Crippen LogP contribution in [0, 0.1) is 0 Å². The first-order valence-electron chi connectivity index (χ1n) is 6.32. The van der Waals surface area contributed by atoms with Gasteiger partial charge in [0.05, 0.1) is 5.76 Å². The highest BCUT2D eigenvalue weighted by Crippen LogP contribution is 2.32. The second kappa shape index (κ2) is 5.72. The van der Waals surface area contributed by atoms with Gasteiger partial charge in [-0.3, -0.25) is 0 Å². The van der Waals surface area contributed by atoms with Crippen LogP contribution in [0.15, 0.2) is 72.5 Å². The molecule has 0 aromatic heterocycles. The third-order valence-corrected chi connectivity index (χ3v) is 3.05. The summed E-state index contributed by atoms with van der Waals surface area (Å²) in [7, 11) is 0. The van der Waals surface area contributed by atoms with Gasteiger partial charge in [-0.15, -0.1) is 0 Å². The second-order valence-electron chi connectivity index (χ2n) is 4.38. The maximum atomic E-state index is 11.0. The van der Waals surface area contributed by atoms with Crippen molar-refractivity contribution in [3.63, 3.8) is 0 Å². The molecule has 0 bridgehead atoms. The van der Waals surface area contributed by atoms with Crippen molar-refractivity contribution in [2.24, 2.45) is 0 Å². The van der Waals surface area contributed by atoms with Crippen LogP contribution in [0.3, 0.4) is 0 Å². The number of benzene rings is 2. The van der Waals surface area contributed by atoms with E-state index in [1.165, 1.54) is 0 Å². The molecule has 0 spiro atoms. The van der Waals surface area contributed by atoms with Gasteiger partial charge in [-0.05, 0) is 19.9 Å². The molecule has 0 heterocycles. The van der Waals surface area contributed by atoms with Gasteiger partial charge in [0.1, 0.15) is 0 Å². The van der Waals surface area contributed by atoms with Crippen LogP contribution in [-0.2, 0) is 10.5 Å². The maximum absolute atomic E-state index is 11.0. The molecule has 2 heteroatoms. The molecule has 0 aliphatic carbocycles. The van der Waals surface area contributed by atoms with E-state index in [2.05, 4.69) is 0 Å². The highest BCUT2D eigenvalue weighted by atomic mass is 16.6. The Kier molecular flexibility index (Phi) is 4.03. The van der Waals surface area contributed by atoms with E-state index in [0.29, 0.717) is 16.9 Å². The molecule has 0 amide bonds. The second-order valence-corrected chi connectivity index (χ2v) is 4.38. The van der Waals surface area contributed by atoms with Crippen LogP contribution in [0.1, 0.15) is 25.0 Å². The van der Waals surface area contributed by atoms with Crippen LogP contribution in [-0.4, -0.2) is 5.11 Å². The Morgan fingerprint density at radius 2 is 1.37 bits per heavy atom. The van der Waals surface area contributed by atoms with Gasteiger partial charge in [0, 0.05) is 11.1 Å². The van der Waals surface area contributed by atoms with Crippen molar-refractivity contribution < 1.29 is 9.84 Å². The smallest absolute Gasteiger partial charge is 0.261 e. The number of rotatable bonds is 4. The number of allylic oxidation sites excluding steroid dienone is 2. The van der Waals surface area contributed by atoms with E-state index in [9.17, 15) is 5.11 Å². The third kappa shape index (κ3) is 2.85. The van der Waals surface area contributed by atoms with Gasteiger partial charge in [0.25, 0.3) is 5.79 Å². The topological polar surface area (TPSA) is 29.5 Å². The molecule has 0 radical (unpaired) electrons. The van der Waals surface area contributed by atoms with Crippen molar-refractivity contribution in [1.29, 1.82) is 0 Å². The van der Waals surface area contributed by atoms with Gasteiger partial charge in [-0.25, -0.2) is 0 Å². The summed E-state index contributed by atoms with van der Waals surface area (Å²) in [6.07, 6.45) is 1.83. The Morgan fingerprint density at radius 3 is 1.74 bits per heavy atom. The third-order valence-electron chi connectivity index (χ3n) is 3.05.